The van der Waals surface area contributed by atoms with Crippen molar-refractivity contribution in [2.75, 3.05) is 19.6 Å². The topological polar surface area (TPSA) is 82.0 Å². The minimum Gasteiger partial charge on any atom is -0.317 e. The summed E-state index contributed by atoms with van der Waals surface area (Å²) in [7, 11) is -3.61. The molecule has 1 aliphatic heterocycles. The number of nitrogens with one attached hydrogen (secondary N) is 2. The van der Waals surface area contributed by atoms with E-state index < -0.39 is 10.0 Å². The molecule has 0 unspecified atom stereocenters. The summed E-state index contributed by atoms with van der Waals surface area (Å²) in [4.78, 5) is 0.0871. The summed E-state index contributed by atoms with van der Waals surface area (Å²) < 4.78 is 27.3. The van der Waals surface area contributed by atoms with Gasteiger partial charge in [0, 0.05) is 6.54 Å². The highest BCUT2D eigenvalue weighted by atomic mass is 35.5. The van der Waals surface area contributed by atoms with Gasteiger partial charge in [-0.3, -0.25) is 0 Å². The molecule has 0 bridgehead atoms. The maximum atomic E-state index is 12.3. The highest BCUT2D eigenvalue weighted by Crippen LogP contribution is 2.27. The lowest BCUT2D eigenvalue weighted by atomic mass is 9.81. The van der Waals surface area contributed by atoms with Crippen molar-refractivity contribution < 1.29 is 8.42 Å². The van der Waals surface area contributed by atoms with Gasteiger partial charge in [0.25, 0.3) is 0 Å². The minimum absolute atomic E-state index is 0. The Morgan fingerprint density at radius 3 is 2.59 bits per heavy atom. The zero-order valence-electron chi connectivity index (χ0n) is 12.2. The highest BCUT2D eigenvalue weighted by molar-refractivity contribution is 7.89. The number of nitrogens with zero attached hydrogens (tertiary/aromatic N) is 1. The van der Waals surface area contributed by atoms with Gasteiger partial charge >= 0.3 is 0 Å². The van der Waals surface area contributed by atoms with E-state index in [-0.39, 0.29) is 33.3 Å². The zero-order chi connectivity index (χ0) is 15.5. The molecule has 0 amide bonds. The van der Waals surface area contributed by atoms with Crippen molar-refractivity contribution in [2.45, 2.75) is 24.7 Å². The smallest absolute Gasteiger partial charge is 0.240 e. The monoisotopic (exact) mass is 363 g/mol. The molecule has 8 heteroatoms. The van der Waals surface area contributed by atoms with E-state index in [0.29, 0.717) is 6.54 Å². The normalized spacial score (nSPS) is 17.3. The first-order valence-electron chi connectivity index (χ1n) is 6.76. The van der Waals surface area contributed by atoms with Gasteiger partial charge in [0.15, 0.2) is 0 Å². The zero-order valence-corrected chi connectivity index (χ0v) is 14.6. The second kappa shape index (κ2) is 7.62. The first-order chi connectivity index (χ1) is 9.86. The lowest BCUT2D eigenvalue weighted by Gasteiger charge is -2.34. The van der Waals surface area contributed by atoms with Crippen LogP contribution < -0.4 is 10.0 Å². The largest absolute Gasteiger partial charge is 0.317 e. The lowest BCUT2D eigenvalue weighted by Crippen LogP contribution is -2.42. The number of hydrogen-bond donors (Lipinski definition) is 2. The van der Waals surface area contributed by atoms with Crippen molar-refractivity contribution in [1.29, 1.82) is 5.26 Å². The van der Waals surface area contributed by atoms with Gasteiger partial charge < -0.3 is 5.32 Å². The second-order valence-corrected chi connectivity index (χ2v) is 7.81. The first-order valence-corrected chi connectivity index (χ1v) is 8.62. The summed E-state index contributed by atoms with van der Waals surface area (Å²) >= 11 is 5.89. The standard InChI is InChI=1S/C14H18ClN3O2S.ClH/c1-14(4-6-17-7-5-14)10-18-21(19,20)12-3-2-11(9-16)13(15)8-12;/h2-3,8,17-18H,4-7,10H2,1H3;1H. The van der Waals surface area contributed by atoms with E-state index >= 15 is 0 Å². The third-order valence-electron chi connectivity index (χ3n) is 3.87. The van der Waals surface area contributed by atoms with E-state index in [0.717, 1.165) is 25.9 Å². The van der Waals surface area contributed by atoms with E-state index in [1.165, 1.54) is 18.2 Å². The molecule has 122 valence electrons. The van der Waals surface area contributed by atoms with Gasteiger partial charge in [0.1, 0.15) is 6.07 Å². The van der Waals surface area contributed by atoms with E-state index in [9.17, 15) is 8.42 Å². The average molecular weight is 364 g/mol. The molecule has 0 spiro atoms. The number of rotatable bonds is 4. The van der Waals surface area contributed by atoms with Crippen molar-refractivity contribution in [2.24, 2.45) is 5.41 Å². The Bertz CT molecular complexity index is 665. The summed E-state index contributed by atoms with van der Waals surface area (Å²) in [5, 5.41) is 12.2. The molecule has 22 heavy (non-hydrogen) atoms. The number of hydrogen-bond acceptors (Lipinski definition) is 4. The number of halogens is 2. The van der Waals surface area contributed by atoms with Crippen molar-refractivity contribution in [1.82, 2.24) is 10.0 Å². The molecule has 0 aromatic heterocycles. The number of nitriles is 1. The summed E-state index contributed by atoms with van der Waals surface area (Å²) in [6.07, 6.45) is 1.87. The Kier molecular flexibility index (Phi) is 6.65. The van der Waals surface area contributed by atoms with Crippen LogP contribution in [0, 0.1) is 16.7 Å². The quantitative estimate of drug-likeness (QED) is 0.859. The van der Waals surface area contributed by atoms with Crippen LogP contribution in [0.5, 0.6) is 0 Å². The summed E-state index contributed by atoms with van der Waals surface area (Å²) in [5.41, 5.74) is 0.232. The van der Waals surface area contributed by atoms with E-state index in [4.69, 9.17) is 16.9 Å². The fourth-order valence-corrected chi connectivity index (χ4v) is 3.83. The predicted molar refractivity (Wildman–Crippen MR) is 88.8 cm³/mol. The molecule has 2 rings (SSSR count). The number of benzene rings is 1. The molecule has 1 aromatic carbocycles. The van der Waals surface area contributed by atoms with Gasteiger partial charge in [0.05, 0.1) is 15.5 Å². The molecule has 0 aliphatic carbocycles. The van der Waals surface area contributed by atoms with Crippen LogP contribution in [0.15, 0.2) is 23.1 Å². The van der Waals surface area contributed by atoms with Crippen LogP contribution in [-0.4, -0.2) is 28.1 Å². The molecule has 5 nitrogen and oxygen atoms in total. The summed E-state index contributed by atoms with van der Waals surface area (Å²) in [5.74, 6) is 0. The van der Waals surface area contributed by atoms with Crippen LogP contribution in [0.4, 0.5) is 0 Å². The van der Waals surface area contributed by atoms with E-state index in [1.54, 1.807) is 0 Å². The molecule has 1 saturated heterocycles. The molecule has 0 atom stereocenters. The highest BCUT2D eigenvalue weighted by Gasteiger charge is 2.28. The Morgan fingerprint density at radius 2 is 2.05 bits per heavy atom. The Hall–Kier alpha value is -0.840. The first kappa shape index (κ1) is 19.2. The van der Waals surface area contributed by atoms with Gasteiger partial charge in [-0.25, -0.2) is 13.1 Å². The average Bonchev–Trinajstić information content (AvgIpc) is 2.46. The number of piperidine rings is 1. The Morgan fingerprint density at radius 1 is 1.41 bits per heavy atom. The van der Waals surface area contributed by atoms with E-state index in [2.05, 4.69) is 17.0 Å². The summed E-state index contributed by atoms with van der Waals surface area (Å²) in [6.45, 7) is 4.29. The van der Waals surface area contributed by atoms with Gasteiger partial charge in [-0.15, -0.1) is 12.4 Å². The van der Waals surface area contributed by atoms with Crippen LogP contribution in [0.3, 0.4) is 0 Å². The van der Waals surface area contributed by atoms with Crippen LogP contribution in [0.25, 0.3) is 0 Å². The molecular formula is C14H19Cl2N3O2S. The van der Waals surface area contributed by atoms with Gasteiger partial charge in [-0.1, -0.05) is 18.5 Å². The van der Waals surface area contributed by atoms with E-state index in [1.807, 2.05) is 6.07 Å². The third kappa shape index (κ3) is 4.58. The molecule has 1 aromatic rings. The van der Waals surface area contributed by atoms with Crippen LogP contribution in [0.1, 0.15) is 25.3 Å². The fraction of sp³-hybridized carbons (Fsp3) is 0.500. The molecule has 2 N–H and O–H groups in total. The van der Waals surface area contributed by atoms with Gasteiger partial charge in [0.2, 0.25) is 10.0 Å². The molecule has 0 radical (unpaired) electrons. The lowest BCUT2D eigenvalue weighted by molar-refractivity contribution is 0.232. The molecule has 1 aliphatic rings. The summed E-state index contributed by atoms with van der Waals surface area (Å²) in [6, 6.07) is 6.04. The van der Waals surface area contributed by atoms with Gasteiger partial charge in [-0.2, -0.15) is 5.26 Å². The molecule has 0 saturated carbocycles. The maximum Gasteiger partial charge on any atom is 0.240 e. The van der Waals surface area contributed by atoms with Crippen molar-refractivity contribution >= 4 is 34.0 Å². The van der Waals surface area contributed by atoms with Gasteiger partial charge in [-0.05, 0) is 49.5 Å². The molecule has 1 heterocycles. The Balaban J connectivity index is 0.00000242. The minimum atomic E-state index is -3.61. The van der Waals surface area contributed by atoms with Crippen molar-refractivity contribution in [3.63, 3.8) is 0 Å². The van der Waals surface area contributed by atoms with Crippen LogP contribution in [0.2, 0.25) is 5.02 Å². The second-order valence-electron chi connectivity index (χ2n) is 5.64. The van der Waals surface area contributed by atoms with Crippen LogP contribution >= 0.6 is 24.0 Å². The SMILES string of the molecule is CC1(CNS(=O)(=O)c2ccc(C#N)c(Cl)c2)CCNCC1.Cl. The molecule has 1 fully saturated rings. The predicted octanol–water partition coefficient (Wildman–Crippen LogP) is 2.30. The maximum absolute atomic E-state index is 12.3. The van der Waals surface area contributed by atoms with Crippen LogP contribution in [-0.2, 0) is 10.0 Å². The number of sulfonamides is 1. The van der Waals surface area contributed by atoms with Crippen molar-refractivity contribution in [3.05, 3.63) is 28.8 Å². The fourth-order valence-electron chi connectivity index (χ4n) is 2.31. The van der Waals surface area contributed by atoms with Crippen molar-refractivity contribution in [3.8, 4) is 6.07 Å². The third-order valence-corrected chi connectivity index (χ3v) is 5.58. The Labute approximate surface area is 142 Å². The molecular weight excluding hydrogens is 345 g/mol.